The second-order valence-corrected chi connectivity index (χ2v) is 6.46. The van der Waals surface area contributed by atoms with E-state index in [0.29, 0.717) is 11.9 Å². The molecular weight excluding hydrogens is 280 g/mol. The van der Waals surface area contributed by atoms with Crippen LogP contribution in [0.15, 0.2) is 30.3 Å². The average molecular weight is 302 g/mol. The van der Waals surface area contributed by atoms with Crippen LogP contribution in [-0.4, -0.2) is 34.9 Å². The second-order valence-electron chi connectivity index (χ2n) is 5.69. The van der Waals surface area contributed by atoms with Crippen LogP contribution in [0.1, 0.15) is 19.8 Å². The van der Waals surface area contributed by atoms with Gasteiger partial charge < -0.3 is 16.0 Å². The predicted octanol–water partition coefficient (Wildman–Crippen LogP) is 3.29. The van der Waals surface area contributed by atoms with E-state index in [1.165, 1.54) is 37.5 Å². The van der Waals surface area contributed by atoms with Gasteiger partial charge in [0.25, 0.3) is 0 Å². The zero-order valence-corrected chi connectivity index (χ0v) is 13.2. The molecule has 0 bridgehead atoms. The summed E-state index contributed by atoms with van der Waals surface area (Å²) in [7, 11) is 0. The SMILES string of the molecule is CC(CN1CCCC1)Nc1snc(N)c1-c1ccccc1. The number of nitrogens with two attached hydrogens (primary N) is 1. The number of nitrogens with one attached hydrogen (secondary N) is 1. The fraction of sp³-hybridized carbons (Fsp3) is 0.438. The van der Waals surface area contributed by atoms with Crippen LogP contribution in [0.4, 0.5) is 10.8 Å². The van der Waals surface area contributed by atoms with Gasteiger partial charge in [-0.3, -0.25) is 0 Å². The molecule has 1 atom stereocenters. The summed E-state index contributed by atoms with van der Waals surface area (Å²) in [5.74, 6) is 0.613. The van der Waals surface area contributed by atoms with Crippen molar-refractivity contribution in [2.75, 3.05) is 30.7 Å². The molecular formula is C16H22N4S. The van der Waals surface area contributed by atoms with Crippen molar-refractivity contribution in [1.29, 1.82) is 0 Å². The highest BCUT2D eigenvalue weighted by atomic mass is 32.1. The minimum Gasteiger partial charge on any atom is -0.382 e. The average Bonchev–Trinajstić information content (AvgIpc) is 3.10. The summed E-state index contributed by atoms with van der Waals surface area (Å²) in [6.45, 7) is 5.75. The van der Waals surface area contributed by atoms with Crippen LogP contribution in [0.25, 0.3) is 11.1 Å². The van der Waals surface area contributed by atoms with Crippen LogP contribution in [0.2, 0.25) is 0 Å². The first kappa shape index (κ1) is 14.4. The number of hydrogen-bond acceptors (Lipinski definition) is 5. The molecule has 0 amide bonds. The quantitative estimate of drug-likeness (QED) is 0.890. The number of likely N-dealkylation sites (tertiary alicyclic amines) is 1. The molecule has 2 heterocycles. The molecule has 0 saturated carbocycles. The number of nitrogen functional groups attached to an aromatic ring is 1. The van der Waals surface area contributed by atoms with Gasteiger partial charge >= 0.3 is 0 Å². The van der Waals surface area contributed by atoms with E-state index in [1.807, 2.05) is 18.2 Å². The predicted molar refractivity (Wildman–Crippen MR) is 90.7 cm³/mol. The summed E-state index contributed by atoms with van der Waals surface area (Å²) in [6.07, 6.45) is 2.66. The van der Waals surface area contributed by atoms with Gasteiger partial charge in [0.2, 0.25) is 0 Å². The molecule has 1 unspecified atom stereocenters. The number of hydrogen-bond donors (Lipinski definition) is 2. The van der Waals surface area contributed by atoms with Crippen molar-refractivity contribution in [2.24, 2.45) is 0 Å². The largest absolute Gasteiger partial charge is 0.382 e. The minimum atomic E-state index is 0.394. The molecule has 3 N–H and O–H groups in total. The number of benzene rings is 1. The molecule has 0 radical (unpaired) electrons. The van der Waals surface area contributed by atoms with Gasteiger partial charge in [-0.25, -0.2) is 0 Å². The molecule has 1 aliphatic heterocycles. The van der Waals surface area contributed by atoms with Crippen molar-refractivity contribution in [3.8, 4) is 11.1 Å². The highest BCUT2D eigenvalue weighted by molar-refractivity contribution is 7.11. The molecule has 1 aliphatic rings. The molecule has 0 spiro atoms. The number of aromatic nitrogens is 1. The summed E-state index contributed by atoms with van der Waals surface area (Å²) in [6, 6.07) is 10.6. The first-order chi connectivity index (χ1) is 10.2. The molecule has 112 valence electrons. The molecule has 21 heavy (non-hydrogen) atoms. The molecule has 1 aromatic carbocycles. The number of nitrogens with zero attached hydrogens (tertiary/aromatic N) is 2. The van der Waals surface area contributed by atoms with Gasteiger partial charge in [0.15, 0.2) is 0 Å². The second kappa shape index (κ2) is 6.45. The van der Waals surface area contributed by atoms with Crippen LogP contribution >= 0.6 is 11.5 Å². The maximum absolute atomic E-state index is 6.06. The Morgan fingerprint density at radius 1 is 1.29 bits per heavy atom. The molecule has 0 aliphatic carbocycles. The fourth-order valence-corrected chi connectivity index (χ4v) is 3.76. The van der Waals surface area contributed by atoms with Crippen molar-refractivity contribution in [2.45, 2.75) is 25.8 Å². The van der Waals surface area contributed by atoms with Gasteiger partial charge in [-0.05, 0) is 50.0 Å². The van der Waals surface area contributed by atoms with E-state index in [0.717, 1.165) is 22.7 Å². The van der Waals surface area contributed by atoms with Gasteiger partial charge in [0.1, 0.15) is 10.8 Å². The van der Waals surface area contributed by atoms with Crippen molar-refractivity contribution in [3.63, 3.8) is 0 Å². The van der Waals surface area contributed by atoms with E-state index < -0.39 is 0 Å². The third kappa shape index (κ3) is 3.36. The van der Waals surface area contributed by atoms with Crippen molar-refractivity contribution in [3.05, 3.63) is 30.3 Å². The van der Waals surface area contributed by atoms with Crippen LogP contribution in [0, 0.1) is 0 Å². The molecule has 1 saturated heterocycles. The molecule has 5 heteroatoms. The Labute approximate surface area is 130 Å². The van der Waals surface area contributed by atoms with Crippen molar-refractivity contribution < 1.29 is 0 Å². The van der Waals surface area contributed by atoms with E-state index in [-0.39, 0.29) is 0 Å². The first-order valence-electron chi connectivity index (χ1n) is 7.53. The first-order valence-corrected chi connectivity index (χ1v) is 8.31. The Morgan fingerprint density at radius 3 is 2.71 bits per heavy atom. The summed E-state index contributed by atoms with van der Waals surface area (Å²) in [5.41, 5.74) is 8.22. The van der Waals surface area contributed by atoms with E-state index in [2.05, 4.69) is 33.6 Å². The Morgan fingerprint density at radius 2 is 2.00 bits per heavy atom. The van der Waals surface area contributed by atoms with Crippen LogP contribution in [0.3, 0.4) is 0 Å². The topological polar surface area (TPSA) is 54.2 Å². The van der Waals surface area contributed by atoms with Gasteiger partial charge in [-0.15, -0.1) is 0 Å². The lowest BCUT2D eigenvalue weighted by atomic mass is 10.1. The van der Waals surface area contributed by atoms with Gasteiger partial charge in [0.05, 0.1) is 5.56 Å². The van der Waals surface area contributed by atoms with Crippen LogP contribution in [0.5, 0.6) is 0 Å². The van der Waals surface area contributed by atoms with Gasteiger partial charge in [-0.1, -0.05) is 30.3 Å². The summed E-state index contributed by atoms with van der Waals surface area (Å²) >= 11 is 1.45. The zero-order chi connectivity index (χ0) is 14.7. The summed E-state index contributed by atoms with van der Waals surface area (Å²) < 4.78 is 4.32. The van der Waals surface area contributed by atoms with Gasteiger partial charge in [0, 0.05) is 12.6 Å². The minimum absolute atomic E-state index is 0.394. The normalized spacial score (nSPS) is 17.0. The van der Waals surface area contributed by atoms with E-state index in [4.69, 9.17) is 5.73 Å². The third-order valence-corrected chi connectivity index (χ3v) is 4.68. The molecule has 1 fully saturated rings. The highest BCUT2D eigenvalue weighted by Crippen LogP contribution is 2.36. The lowest BCUT2D eigenvalue weighted by molar-refractivity contribution is 0.328. The Hall–Kier alpha value is -1.59. The Bertz CT molecular complexity index is 575. The molecule has 2 aromatic rings. The lowest BCUT2D eigenvalue weighted by Gasteiger charge is -2.21. The highest BCUT2D eigenvalue weighted by Gasteiger charge is 2.18. The van der Waals surface area contributed by atoms with E-state index >= 15 is 0 Å². The third-order valence-electron chi connectivity index (χ3n) is 3.89. The van der Waals surface area contributed by atoms with E-state index in [1.54, 1.807) is 0 Å². The summed E-state index contributed by atoms with van der Waals surface area (Å²) in [5, 5.41) is 4.67. The monoisotopic (exact) mass is 302 g/mol. The van der Waals surface area contributed by atoms with Gasteiger partial charge in [-0.2, -0.15) is 4.37 Å². The lowest BCUT2D eigenvalue weighted by Crippen LogP contribution is -2.32. The molecule has 1 aromatic heterocycles. The zero-order valence-electron chi connectivity index (χ0n) is 12.4. The van der Waals surface area contributed by atoms with Crippen molar-refractivity contribution in [1.82, 2.24) is 9.27 Å². The molecule has 4 nitrogen and oxygen atoms in total. The Balaban J connectivity index is 1.73. The fourth-order valence-electron chi connectivity index (χ4n) is 2.91. The number of rotatable bonds is 5. The standard InChI is InChI=1S/C16H22N4S/c1-12(11-20-9-5-6-10-20)18-16-14(15(17)19-21-16)13-7-3-2-4-8-13/h2-4,7-8,12,18H,5-6,9-11H2,1H3,(H2,17,19). The van der Waals surface area contributed by atoms with Crippen LogP contribution < -0.4 is 11.1 Å². The number of anilines is 2. The van der Waals surface area contributed by atoms with Crippen molar-refractivity contribution >= 4 is 22.4 Å². The smallest absolute Gasteiger partial charge is 0.147 e. The van der Waals surface area contributed by atoms with E-state index in [9.17, 15) is 0 Å². The maximum atomic E-state index is 6.06. The molecule has 3 rings (SSSR count). The Kier molecular flexibility index (Phi) is 4.41. The van der Waals surface area contributed by atoms with Crippen LogP contribution in [-0.2, 0) is 0 Å². The maximum Gasteiger partial charge on any atom is 0.147 e. The summed E-state index contributed by atoms with van der Waals surface area (Å²) in [4.78, 5) is 2.52.